The van der Waals surface area contributed by atoms with Crippen LogP contribution in [0.3, 0.4) is 0 Å². The summed E-state index contributed by atoms with van der Waals surface area (Å²) < 4.78 is 1.64. The fourth-order valence-electron chi connectivity index (χ4n) is 3.75. The number of β-amino-alcohol motifs (C(OH)–C–C–N with tert-alkyl or cyclic N) is 1. The van der Waals surface area contributed by atoms with E-state index in [4.69, 9.17) is 0 Å². The standard InChI is InChI=1S/C22H25N5O3/c1-23-21(29)17-6-7-20-25-19(14-27(20)12-17)22(30)24-10-18(28)13-26-9-8-15-4-2-3-5-16(15)11-26/h2-7,12,14,18,28H,8-11,13H2,1H3,(H,23,29)(H,24,30)/t18-/m0/s1. The van der Waals surface area contributed by atoms with E-state index in [1.807, 2.05) is 6.07 Å². The van der Waals surface area contributed by atoms with Crippen LogP contribution in [-0.2, 0) is 13.0 Å². The number of carbonyl (C=O) groups is 2. The lowest BCUT2D eigenvalue weighted by Crippen LogP contribution is -2.42. The Bertz CT molecular complexity index is 1080. The Morgan fingerprint density at radius 1 is 1.13 bits per heavy atom. The predicted molar refractivity (Wildman–Crippen MR) is 112 cm³/mol. The van der Waals surface area contributed by atoms with Crippen LogP contribution < -0.4 is 10.6 Å². The molecule has 3 aromatic rings. The van der Waals surface area contributed by atoms with Crippen LogP contribution in [0.1, 0.15) is 32.0 Å². The Balaban J connectivity index is 1.32. The molecule has 0 saturated heterocycles. The Labute approximate surface area is 174 Å². The third kappa shape index (κ3) is 4.34. The van der Waals surface area contributed by atoms with Crippen molar-refractivity contribution in [1.82, 2.24) is 24.9 Å². The number of nitrogens with one attached hydrogen (secondary N) is 2. The van der Waals surface area contributed by atoms with Crippen LogP contribution in [-0.4, -0.2) is 64.0 Å². The maximum atomic E-state index is 12.5. The molecule has 1 atom stereocenters. The molecule has 156 valence electrons. The number of aliphatic hydroxyl groups excluding tert-OH is 1. The summed E-state index contributed by atoms with van der Waals surface area (Å²) in [6.07, 6.45) is 3.50. The third-order valence-corrected chi connectivity index (χ3v) is 5.35. The zero-order chi connectivity index (χ0) is 21.1. The van der Waals surface area contributed by atoms with Crippen LogP contribution in [0.15, 0.2) is 48.8 Å². The molecule has 0 bridgehead atoms. The van der Waals surface area contributed by atoms with Crippen LogP contribution in [0, 0.1) is 0 Å². The summed E-state index contributed by atoms with van der Waals surface area (Å²) in [5.74, 6) is -0.566. The Morgan fingerprint density at radius 3 is 2.73 bits per heavy atom. The highest BCUT2D eigenvalue weighted by Crippen LogP contribution is 2.18. The summed E-state index contributed by atoms with van der Waals surface area (Å²) in [4.78, 5) is 30.7. The van der Waals surface area contributed by atoms with Gasteiger partial charge in [0, 0.05) is 45.6 Å². The van der Waals surface area contributed by atoms with E-state index in [9.17, 15) is 14.7 Å². The first-order chi connectivity index (χ1) is 14.5. The number of imidazole rings is 1. The quantitative estimate of drug-likeness (QED) is 0.563. The molecule has 0 aliphatic carbocycles. The van der Waals surface area contributed by atoms with Gasteiger partial charge >= 0.3 is 0 Å². The smallest absolute Gasteiger partial charge is 0.271 e. The first kappa shape index (κ1) is 20.1. The van der Waals surface area contributed by atoms with Crippen molar-refractivity contribution in [2.45, 2.75) is 19.1 Å². The largest absolute Gasteiger partial charge is 0.390 e. The number of pyridine rings is 1. The highest BCUT2D eigenvalue weighted by atomic mass is 16.3. The average molecular weight is 407 g/mol. The maximum absolute atomic E-state index is 12.5. The summed E-state index contributed by atoms with van der Waals surface area (Å²) in [6.45, 7) is 2.34. The number of hydrogen-bond acceptors (Lipinski definition) is 5. The lowest BCUT2D eigenvalue weighted by molar-refractivity contribution is 0.0838. The van der Waals surface area contributed by atoms with Gasteiger partial charge in [-0.3, -0.25) is 14.5 Å². The molecule has 1 aliphatic heterocycles. The number of aromatic nitrogens is 2. The van der Waals surface area contributed by atoms with Crippen LogP contribution in [0.2, 0.25) is 0 Å². The van der Waals surface area contributed by atoms with E-state index in [2.05, 4.69) is 38.7 Å². The van der Waals surface area contributed by atoms with Crippen molar-refractivity contribution >= 4 is 17.5 Å². The van der Waals surface area contributed by atoms with E-state index >= 15 is 0 Å². The molecule has 30 heavy (non-hydrogen) atoms. The summed E-state index contributed by atoms with van der Waals surface area (Å²) >= 11 is 0. The highest BCUT2D eigenvalue weighted by molar-refractivity contribution is 5.95. The van der Waals surface area contributed by atoms with Crippen LogP contribution in [0.5, 0.6) is 0 Å². The topological polar surface area (TPSA) is 99.0 Å². The van der Waals surface area contributed by atoms with Crippen LogP contribution in [0.25, 0.3) is 5.65 Å². The first-order valence-electron chi connectivity index (χ1n) is 9.99. The van der Waals surface area contributed by atoms with E-state index in [0.29, 0.717) is 17.8 Å². The Morgan fingerprint density at radius 2 is 1.93 bits per heavy atom. The molecule has 0 saturated carbocycles. The molecular formula is C22H25N5O3. The van der Waals surface area contributed by atoms with Crippen molar-refractivity contribution in [1.29, 1.82) is 0 Å². The Hall–Kier alpha value is -3.23. The van der Waals surface area contributed by atoms with Crippen molar-refractivity contribution in [3.8, 4) is 0 Å². The molecule has 4 rings (SSSR count). The minimum Gasteiger partial charge on any atom is -0.390 e. The van der Waals surface area contributed by atoms with E-state index in [0.717, 1.165) is 19.5 Å². The van der Waals surface area contributed by atoms with E-state index in [1.54, 1.807) is 36.0 Å². The number of hydrogen-bond donors (Lipinski definition) is 3. The highest BCUT2D eigenvalue weighted by Gasteiger charge is 2.19. The van der Waals surface area contributed by atoms with Crippen molar-refractivity contribution < 1.29 is 14.7 Å². The minimum atomic E-state index is -0.670. The summed E-state index contributed by atoms with van der Waals surface area (Å²) in [6, 6.07) is 11.7. The van der Waals surface area contributed by atoms with Crippen molar-refractivity contribution in [3.05, 3.63) is 71.2 Å². The average Bonchev–Trinajstić information content (AvgIpc) is 3.20. The molecule has 8 heteroatoms. The maximum Gasteiger partial charge on any atom is 0.271 e. The van der Waals surface area contributed by atoms with Gasteiger partial charge in [0.2, 0.25) is 0 Å². The van der Waals surface area contributed by atoms with E-state index < -0.39 is 6.10 Å². The molecule has 8 nitrogen and oxygen atoms in total. The van der Waals surface area contributed by atoms with E-state index in [-0.39, 0.29) is 24.1 Å². The van der Waals surface area contributed by atoms with Crippen LogP contribution >= 0.6 is 0 Å². The van der Waals surface area contributed by atoms with Gasteiger partial charge in [-0.25, -0.2) is 4.98 Å². The molecule has 0 unspecified atom stereocenters. The third-order valence-electron chi connectivity index (χ3n) is 5.35. The molecule has 0 radical (unpaired) electrons. The van der Waals surface area contributed by atoms with Gasteiger partial charge in [-0.15, -0.1) is 0 Å². The molecule has 3 heterocycles. The second-order valence-corrected chi connectivity index (χ2v) is 7.51. The van der Waals surface area contributed by atoms with Gasteiger partial charge in [0.25, 0.3) is 11.8 Å². The SMILES string of the molecule is CNC(=O)c1ccc2nc(C(=O)NC[C@H](O)CN3CCc4ccccc4C3)cn2c1. The minimum absolute atomic E-state index is 0.147. The van der Waals surface area contributed by atoms with Crippen LogP contribution in [0.4, 0.5) is 0 Å². The number of carbonyl (C=O) groups excluding carboxylic acids is 2. The number of nitrogens with zero attached hydrogens (tertiary/aromatic N) is 3. The predicted octanol–water partition coefficient (Wildman–Crippen LogP) is 0.843. The molecule has 3 N–H and O–H groups in total. The molecular weight excluding hydrogens is 382 g/mol. The monoisotopic (exact) mass is 407 g/mol. The van der Waals surface area contributed by atoms with Gasteiger partial charge in [0.15, 0.2) is 0 Å². The summed E-state index contributed by atoms with van der Waals surface area (Å²) in [7, 11) is 1.56. The molecule has 0 spiro atoms. The van der Waals surface area contributed by atoms with Crippen molar-refractivity contribution in [3.63, 3.8) is 0 Å². The number of amides is 2. The molecule has 1 aliphatic rings. The number of fused-ring (bicyclic) bond motifs is 2. The zero-order valence-corrected chi connectivity index (χ0v) is 16.8. The van der Waals surface area contributed by atoms with E-state index in [1.165, 1.54) is 11.1 Å². The fourth-order valence-corrected chi connectivity index (χ4v) is 3.75. The molecule has 0 fully saturated rings. The lowest BCUT2D eigenvalue weighted by Gasteiger charge is -2.30. The zero-order valence-electron chi connectivity index (χ0n) is 16.8. The lowest BCUT2D eigenvalue weighted by atomic mass is 10.00. The van der Waals surface area contributed by atoms with Gasteiger partial charge in [0.05, 0.1) is 11.7 Å². The fraction of sp³-hybridized carbons (Fsp3) is 0.318. The first-order valence-corrected chi connectivity index (χ1v) is 9.99. The molecule has 2 aromatic heterocycles. The van der Waals surface area contributed by atoms with Gasteiger partial charge in [0.1, 0.15) is 11.3 Å². The summed E-state index contributed by atoms with van der Waals surface area (Å²) in [5, 5.41) is 15.7. The molecule has 2 amide bonds. The number of benzene rings is 1. The second-order valence-electron chi connectivity index (χ2n) is 7.51. The van der Waals surface area contributed by atoms with Crippen molar-refractivity contribution in [2.75, 3.05) is 26.7 Å². The Kier molecular flexibility index (Phi) is 5.78. The summed E-state index contributed by atoms with van der Waals surface area (Å²) in [5.41, 5.74) is 3.94. The second kappa shape index (κ2) is 8.64. The van der Waals surface area contributed by atoms with Crippen molar-refractivity contribution in [2.24, 2.45) is 0 Å². The number of aliphatic hydroxyl groups is 1. The van der Waals surface area contributed by atoms with Gasteiger partial charge in [-0.2, -0.15) is 0 Å². The normalized spacial score (nSPS) is 14.9. The molecule has 1 aromatic carbocycles. The van der Waals surface area contributed by atoms with Gasteiger partial charge in [-0.1, -0.05) is 24.3 Å². The van der Waals surface area contributed by atoms with Gasteiger partial charge in [-0.05, 0) is 29.7 Å². The number of rotatable bonds is 6. The van der Waals surface area contributed by atoms with Gasteiger partial charge < -0.3 is 20.1 Å².